The van der Waals surface area contributed by atoms with Gasteiger partial charge in [-0.2, -0.15) is 5.10 Å². The molecule has 0 spiro atoms. The normalized spacial score (nSPS) is 13.4. The zero-order valence-corrected chi connectivity index (χ0v) is 15.4. The van der Waals surface area contributed by atoms with Gasteiger partial charge in [0.25, 0.3) is 0 Å². The molecule has 1 N–H and O–H groups in total. The molecule has 0 saturated carbocycles. The highest BCUT2D eigenvalue weighted by Gasteiger charge is 2.27. The monoisotopic (exact) mass is 361 g/mol. The average Bonchev–Trinajstić information content (AvgIpc) is 3.16. The third kappa shape index (κ3) is 3.92. The molecule has 0 radical (unpaired) electrons. The largest absolute Gasteiger partial charge is 0.462 e. The Labute approximate surface area is 151 Å². The van der Waals surface area contributed by atoms with E-state index in [-0.39, 0.29) is 11.9 Å². The first-order chi connectivity index (χ1) is 12.1. The standard InChI is InChI=1S/C18H23N3O3S/c1-3-24-18(23)16-13-6-4-5-7-14(13)25-17(16)20-15(22)9-11-21-12(2)8-10-19-21/h8,10H,3-7,9,11H2,1-2H3,(H,20,22). The molecule has 134 valence electrons. The Morgan fingerprint density at radius 1 is 1.36 bits per heavy atom. The van der Waals surface area contributed by atoms with E-state index >= 15 is 0 Å². The molecule has 7 heteroatoms. The zero-order valence-electron chi connectivity index (χ0n) is 14.6. The van der Waals surface area contributed by atoms with Crippen molar-refractivity contribution in [2.75, 3.05) is 11.9 Å². The number of aryl methyl sites for hydroxylation is 3. The summed E-state index contributed by atoms with van der Waals surface area (Å²) in [4.78, 5) is 26.0. The van der Waals surface area contributed by atoms with Crippen LogP contribution in [0.3, 0.4) is 0 Å². The van der Waals surface area contributed by atoms with Crippen molar-refractivity contribution < 1.29 is 14.3 Å². The summed E-state index contributed by atoms with van der Waals surface area (Å²) in [7, 11) is 0. The molecule has 2 aromatic rings. The Morgan fingerprint density at radius 2 is 2.16 bits per heavy atom. The molecule has 2 heterocycles. The highest BCUT2D eigenvalue weighted by atomic mass is 32.1. The highest BCUT2D eigenvalue weighted by molar-refractivity contribution is 7.17. The van der Waals surface area contributed by atoms with Gasteiger partial charge in [0.1, 0.15) is 5.00 Å². The Kier molecular flexibility index (Phi) is 5.53. The van der Waals surface area contributed by atoms with Crippen LogP contribution in [0.15, 0.2) is 12.3 Å². The lowest BCUT2D eigenvalue weighted by Crippen LogP contribution is -2.17. The van der Waals surface area contributed by atoms with E-state index in [1.54, 1.807) is 17.8 Å². The fraction of sp³-hybridized carbons (Fsp3) is 0.500. The second-order valence-corrected chi connectivity index (χ2v) is 7.23. The second-order valence-electron chi connectivity index (χ2n) is 6.13. The lowest BCUT2D eigenvalue weighted by atomic mass is 9.95. The van der Waals surface area contributed by atoms with Gasteiger partial charge in [-0.3, -0.25) is 9.48 Å². The topological polar surface area (TPSA) is 73.2 Å². The summed E-state index contributed by atoms with van der Waals surface area (Å²) in [6, 6.07) is 1.91. The van der Waals surface area contributed by atoms with E-state index in [1.807, 2.05) is 13.0 Å². The number of thiophene rings is 1. The number of aromatic nitrogens is 2. The Balaban J connectivity index is 1.74. The van der Waals surface area contributed by atoms with Crippen LogP contribution < -0.4 is 5.32 Å². The number of ether oxygens (including phenoxy) is 1. The smallest absolute Gasteiger partial charge is 0.341 e. The van der Waals surface area contributed by atoms with Crippen LogP contribution >= 0.6 is 11.3 Å². The van der Waals surface area contributed by atoms with E-state index in [0.717, 1.165) is 36.9 Å². The molecule has 0 saturated heterocycles. The Hall–Kier alpha value is -2.15. The SMILES string of the molecule is CCOC(=O)c1c(NC(=O)CCn2nccc2C)sc2c1CCCC2. The molecule has 25 heavy (non-hydrogen) atoms. The summed E-state index contributed by atoms with van der Waals surface area (Å²) >= 11 is 1.52. The third-order valence-corrected chi connectivity index (χ3v) is 5.59. The van der Waals surface area contributed by atoms with Crippen LogP contribution in [-0.4, -0.2) is 28.3 Å². The van der Waals surface area contributed by atoms with Crippen LogP contribution in [0.25, 0.3) is 0 Å². The Bertz CT molecular complexity index is 779. The zero-order chi connectivity index (χ0) is 17.8. The fourth-order valence-corrected chi connectivity index (χ4v) is 4.40. The molecule has 0 unspecified atom stereocenters. The van der Waals surface area contributed by atoms with Crippen LogP contribution in [0, 0.1) is 6.92 Å². The summed E-state index contributed by atoms with van der Waals surface area (Å²) < 4.78 is 7.01. The number of amides is 1. The van der Waals surface area contributed by atoms with Crippen LogP contribution in [-0.2, 0) is 28.9 Å². The van der Waals surface area contributed by atoms with E-state index in [9.17, 15) is 9.59 Å². The van der Waals surface area contributed by atoms with Crippen LogP contribution in [0.2, 0.25) is 0 Å². The van der Waals surface area contributed by atoms with E-state index in [1.165, 1.54) is 16.2 Å². The molecule has 0 fully saturated rings. The van der Waals surface area contributed by atoms with Crippen molar-refractivity contribution in [3.05, 3.63) is 34.0 Å². The molecule has 0 atom stereocenters. The average molecular weight is 361 g/mol. The molecular formula is C18H23N3O3S. The molecule has 0 aromatic carbocycles. The van der Waals surface area contributed by atoms with Crippen molar-refractivity contribution in [2.24, 2.45) is 0 Å². The molecule has 0 bridgehead atoms. The molecule has 1 amide bonds. The fourth-order valence-electron chi connectivity index (χ4n) is 3.10. The lowest BCUT2D eigenvalue weighted by molar-refractivity contribution is -0.116. The molecule has 0 aliphatic heterocycles. The third-order valence-electron chi connectivity index (χ3n) is 4.38. The van der Waals surface area contributed by atoms with Gasteiger partial charge >= 0.3 is 5.97 Å². The van der Waals surface area contributed by atoms with Crippen molar-refractivity contribution in [1.29, 1.82) is 0 Å². The molecular weight excluding hydrogens is 338 g/mol. The number of anilines is 1. The minimum absolute atomic E-state index is 0.112. The van der Waals surface area contributed by atoms with Crippen LogP contribution in [0.4, 0.5) is 5.00 Å². The Morgan fingerprint density at radius 3 is 2.88 bits per heavy atom. The maximum Gasteiger partial charge on any atom is 0.341 e. The van der Waals surface area contributed by atoms with Crippen molar-refractivity contribution >= 4 is 28.2 Å². The maximum absolute atomic E-state index is 12.4. The summed E-state index contributed by atoms with van der Waals surface area (Å²) in [5, 5.41) is 7.74. The van der Waals surface area contributed by atoms with Gasteiger partial charge < -0.3 is 10.1 Å². The van der Waals surface area contributed by atoms with Gasteiger partial charge in [-0.05, 0) is 51.2 Å². The van der Waals surface area contributed by atoms with Gasteiger partial charge in [0, 0.05) is 29.7 Å². The summed E-state index contributed by atoms with van der Waals surface area (Å²) in [6.07, 6.45) is 6.08. The highest BCUT2D eigenvalue weighted by Crippen LogP contribution is 2.38. The van der Waals surface area contributed by atoms with E-state index in [2.05, 4.69) is 10.4 Å². The predicted octanol–water partition coefficient (Wildman–Crippen LogP) is 3.34. The minimum atomic E-state index is -0.333. The summed E-state index contributed by atoms with van der Waals surface area (Å²) in [5.41, 5.74) is 2.64. The van der Waals surface area contributed by atoms with E-state index in [0.29, 0.717) is 30.1 Å². The first-order valence-corrected chi connectivity index (χ1v) is 9.51. The van der Waals surface area contributed by atoms with E-state index < -0.39 is 0 Å². The maximum atomic E-state index is 12.4. The number of carbonyl (C=O) groups is 2. The van der Waals surface area contributed by atoms with Crippen molar-refractivity contribution in [3.8, 4) is 0 Å². The molecule has 1 aliphatic carbocycles. The summed E-state index contributed by atoms with van der Waals surface area (Å²) in [6.45, 7) is 4.60. The van der Waals surface area contributed by atoms with Crippen LogP contribution in [0.1, 0.15) is 52.7 Å². The number of rotatable bonds is 6. The van der Waals surface area contributed by atoms with Gasteiger partial charge in [0.05, 0.1) is 12.2 Å². The minimum Gasteiger partial charge on any atom is -0.462 e. The molecule has 1 aliphatic rings. The van der Waals surface area contributed by atoms with Crippen molar-refractivity contribution in [1.82, 2.24) is 9.78 Å². The lowest BCUT2D eigenvalue weighted by Gasteiger charge is -2.12. The molecule has 6 nitrogen and oxygen atoms in total. The molecule has 2 aromatic heterocycles. The number of hydrogen-bond donors (Lipinski definition) is 1. The first kappa shape index (κ1) is 17.7. The van der Waals surface area contributed by atoms with E-state index in [4.69, 9.17) is 4.74 Å². The van der Waals surface area contributed by atoms with Crippen molar-refractivity contribution in [3.63, 3.8) is 0 Å². The predicted molar refractivity (Wildman–Crippen MR) is 97.1 cm³/mol. The number of carbonyl (C=O) groups excluding carboxylic acids is 2. The number of nitrogens with one attached hydrogen (secondary N) is 1. The van der Waals surface area contributed by atoms with Gasteiger partial charge in [-0.25, -0.2) is 4.79 Å². The van der Waals surface area contributed by atoms with Crippen LogP contribution in [0.5, 0.6) is 0 Å². The first-order valence-electron chi connectivity index (χ1n) is 8.70. The second kappa shape index (κ2) is 7.82. The molecule has 3 rings (SSSR count). The number of esters is 1. The number of hydrogen-bond acceptors (Lipinski definition) is 5. The number of fused-ring (bicyclic) bond motifs is 1. The van der Waals surface area contributed by atoms with Gasteiger partial charge in [-0.15, -0.1) is 11.3 Å². The van der Waals surface area contributed by atoms with Gasteiger partial charge in [0.15, 0.2) is 0 Å². The summed E-state index contributed by atoms with van der Waals surface area (Å²) in [5.74, 6) is -0.445. The quantitative estimate of drug-likeness (QED) is 0.801. The van der Waals surface area contributed by atoms with Gasteiger partial charge in [-0.1, -0.05) is 0 Å². The number of nitrogens with zero attached hydrogens (tertiary/aromatic N) is 2. The van der Waals surface area contributed by atoms with Gasteiger partial charge in [0.2, 0.25) is 5.91 Å². The van der Waals surface area contributed by atoms with Crippen molar-refractivity contribution in [2.45, 2.75) is 52.5 Å².